The van der Waals surface area contributed by atoms with Crippen LogP contribution < -0.4 is 5.32 Å². The maximum absolute atomic E-state index is 11.9. The van der Waals surface area contributed by atoms with Crippen LogP contribution in [0.1, 0.15) is 16.8 Å². The predicted molar refractivity (Wildman–Crippen MR) is 70.1 cm³/mol. The second-order valence-electron chi connectivity index (χ2n) is 3.66. The fraction of sp³-hybridized carbons (Fsp3) is 0.250. The number of halogens is 1. The second kappa shape index (κ2) is 6.89. The fourth-order valence-electron chi connectivity index (χ4n) is 1.34. The molecule has 0 aliphatic carbocycles. The molecule has 0 heterocycles. The highest BCUT2D eigenvalue weighted by atomic mass is 79.9. The van der Waals surface area contributed by atoms with Crippen molar-refractivity contribution in [1.82, 2.24) is 5.32 Å². The molecule has 0 aromatic heterocycles. The summed E-state index contributed by atoms with van der Waals surface area (Å²) >= 11 is 3.23. The highest BCUT2D eigenvalue weighted by Gasteiger charge is 2.24. The van der Waals surface area contributed by atoms with E-state index in [1.807, 2.05) is 0 Å². The van der Waals surface area contributed by atoms with Gasteiger partial charge in [0.25, 0.3) is 0 Å². The van der Waals surface area contributed by atoms with Crippen LogP contribution in [-0.4, -0.2) is 36.1 Å². The average molecular weight is 330 g/mol. The van der Waals surface area contributed by atoms with Gasteiger partial charge in [0.15, 0.2) is 5.78 Å². The Kier molecular flexibility index (Phi) is 5.50. The fourth-order valence-corrected chi connectivity index (χ4v) is 1.60. The van der Waals surface area contributed by atoms with E-state index in [1.165, 1.54) is 0 Å². The van der Waals surface area contributed by atoms with Gasteiger partial charge in [-0.05, 0) is 12.1 Å². The minimum absolute atomic E-state index is 0.341. The SMILES string of the molecule is COC(=O)NC(CC(=O)c1ccc(Br)cc1)C(=O)O. The Balaban J connectivity index is 2.73. The summed E-state index contributed by atoms with van der Waals surface area (Å²) in [6.45, 7) is 0. The molecule has 1 atom stereocenters. The van der Waals surface area contributed by atoms with Crippen LogP contribution in [0.2, 0.25) is 0 Å². The standard InChI is InChI=1S/C12H12BrNO5/c1-19-12(18)14-9(11(16)17)6-10(15)7-2-4-8(13)5-3-7/h2-5,9H,6H2,1H3,(H,14,18)(H,16,17). The first-order chi connectivity index (χ1) is 8.93. The summed E-state index contributed by atoms with van der Waals surface area (Å²) in [4.78, 5) is 33.8. The third-order valence-corrected chi connectivity index (χ3v) is 2.86. The third kappa shape index (κ3) is 4.70. The molecule has 1 aromatic carbocycles. The largest absolute Gasteiger partial charge is 0.480 e. The highest BCUT2D eigenvalue weighted by Crippen LogP contribution is 2.12. The van der Waals surface area contributed by atoms with Crippen LogP contribution in [0.15, 0.2) is 28.7 Å². The molecule has 102 valence electrons. The van der Waals surface area contributed by atoms with Crippen LogP contribution in [0.25, 0.3) is 0 Å². The Hall–Kier alpha value is -1.89. The molecule has 0 aliphatic heterocycles. The summed E-state index contributed by atoms with van der Waals surface area (Å²) in [6.07, 6.45) is -1.23. The number of nitrogens with one attached hydrogen (secondary N) is 1. The van der Waals surface area contributed by atoms with Gasteiger partial charge < -0.3 is 15.2 Å². The van der Waals surface area contributed by atoms with E-state index in [9.17, 15) is 14.4 Å². The van der Waals surface area contributed by atoms with Crippen LogP contribution in [0.4, 0.5) is 4.79 Å². The number of carboxylic acids is 1. The number of rotatable bonds is 5. The Morgan fingerprint density at radius 2 is 1.89 bits per heavy atom. The first-order valence-electron chi connectivity index (χ1n) is 5.30. The molecule has 0 radical (unpaired) electrons. The lowest BCUT2D eigenvalue weighted by Gasteiger charge is -2.12. The van der Waals surface area contributed by atoms with E-state index in [0.29, 0.717) is 5.56 Å². The molecule has 6 nitrogen and oxygen atoms in total. The molecule has 0 fully saturated rings. The van der Waals surface area contributed by atoms with E-state index in [0.717, 1.165) is 11.6 Å². The van der Waals surface area contributed by atoms with Crippen molar-refractivity contribution >= 4 is 33.8 Å². The summed E-state index contributed by atoms with van der Waals surface area (Å²) in [7, 11) is 1.12. The van der Waals surface area contributed by atoms with E-state index >= 15 is 0 Å². The Morgan fingerprint density at radius 3 is 2.37 bits per heavy atom. The number of hydrogen-bond acceptors (Lipinski definition) is 4. The maximum Gasteiger partial charge on any atom is 0.407 e. The molecule has 0 saturated heterocycles. The summed E-state index contributed by atoms with van der Waals surface area (Å²) in [6, 6.07) is 5.18. The van der Waals surface area contributed by atoms with E-state index in [4.69, 9.17) is 5.11 Å². The number of ether oxygens (including phenoxy) is 1. The number of carbonyl (C=O) groups is 3. The van der Waals surface area contributed by atoms with E-state index in [2.05, 4.69) is 26.0 Å². The molecule has 7 heteroatoms. The van der Waals surface area contributed by atoms with Crippen molar-refractivity contribution < 1.29 is 24.2 Å². The monoisotopic (exact) mass is 329 g/mol. The van der Waals surface area contributed by atoms with Gasteiger partial charge in [-0.25, -0.2) is 9.59 Å². The summed E-state index contributed by atoms with van der Waals surface area (Å²) in [5.74, 6) is -1.67. The van der Waals surface area contributed by atoms with Gasteiger partial charge in [-0.3, -0.25) is 4.79 Å². The molecule has 0 spiro atoms. The topological polar surface area (TPSA) is 92.7 Å². The lowest BCUT2D eigenvalue weighted by molar-refractivity contribution is -0.139. The number of aliphatic carboxylic acids is 1. The Labute approximate surface area is 117 Å². The zero-order valence-corrected chi connectivity index (χ0v) is 11.6. The van der Waals surface area contributed by atoms with Crippen molar-refractivity contribution in [3.8, 4) is 0 Å². The molecule has 1 rings (SSSR count). The van der Waals surface area contributed by atoms with Crippen LogP contribution in [0.3, 0.4) is 0 Å². The molecule has 1 unspecified atom stereocenters. The number of amides is 1. The molecule has 1 amide bonds. The number of alkyl carbamates (subject to hydrolysis) is 1. The Morgan fingerprint density at radius 1 is 1.32 bits per heavy atom. The first kappa shape index (κ1) is 15.2. The molecule has 19 heavy (non-hydrogen) atoms. The van der Waals surface area contributed by atoms with Crippen molar-refractivity contribution in [3.63, 3.8) is 0 Å². The van der Waals surface area contributed by atoms with Crippen molar-refractivity contribution in [2.24, 2.45) is 0 Å². The highest BCUT2D eigenvalue weighted by molar-refractivity contribution is 9.10. The summed E-state index contributed by atoms with van der Waals surface area (Å²) in [5, 5.41) is 11.0. The van der Waals surface area contributed by atoms with Crippen molar-refractivity contribution in [1.29, 1.82) is 0 Å². The number of hydrogen-bond donors (Lipinski definition) is 2. The smallest absolute Gasteiger partial charge is 0.407 e. The lowest BCUT2D eigenvalue weighted by Crippen LogP contribution is -2.42. The number of ketones is 1. The van der Waals surface area contributed by atoms with Crippen molar-refractivity contribution in [2.75, 3.05) is 7.11 Å². The first-order valence-corrected chi connectivity index (χ1v) is 6.09. The number of methoxy groups -OCH3 is 1. The normalized spacial score (nSPS) is 11.5. The van der Waals surface area contributed by atoms with Gasteiger partial charge in [0.2, 0.25) is 0 Å². The van der Waals surface area contributed by atoms with E-state index in [1.54, 1.807) is 24.3 Å². The molecule has 2 N–H and O–H groups in total. The van der Waals surface area contributed by atoms with Gasteiger partial charge in [0.05, 0.1) is 7.11 Å². The number of carbonyl (C=O) groups excluding carboxylic acids is 2. The quantitative estimate of drug-likeness (QED) is 0.804. The van der Waals surface area contributed by atoms with E-state index in [-0.39, 0.29) is 12.2 Å². The number of carboxylic acid groups (broad SMARTS) is 1. The second-order valence-corrected chi connectivity index (χ2v) is 4.58. The van der Waals surface area contributed by atoms with Crippen molar-refractivity contribution in [2.45, 2.75) is 12.5 Å². The third-order valence-electron chi connectivity index (χ3n) is 2.33. The molecule has 0 bridgehead atoms. The van der Waals surface area contributed by atoms with Gasteiger partial charge in [0.1, 0.15) is 6.04 Å². The van der Waals surface area contributed by atoms with Gasteiger partial charge in [-0.1, -0.05) is 28.1 Å². The zero-order valence-electron chi connectivity index (χ0n) is 10.1. The maximum atomic E-state index is 11.9. The minimum Gasteiger partial charge on any atom is -0.480 e. The lowest BCUT2D eigenvalue weighted by atomic mass is 10.0. The predicted octanol–water partition coefficient (Wildman–Crippen LogP) is 1.83. The Bertz CT molecular complexity index is 485. The van der Waals surface area contributed by atoms with Gasteiger partial charge >= 0.3 is 12.1 Å². The van der Waals surface area contributed by atoms with Gasteiger partial charge in [-0.2, -0.15) is 0 Å². The molecular formula is C12H12BrNO5. The average Bonchev–Trinajstić information content (AvgIpc) is 2.38. The van der Waals surface area contributed by atoms with Gasteiger partial charge in [-0.15, -0.1) is 0 Å². The summed E-state index contributed by atoms with van der Waals surface area (Å²) in [5.41, 5.74) is 0.376. The van der Waals surface area contributed by atoms with Crippen LogP contribution in [0.5, 0.6) is 0 Å². The van der Waals surface area contributed by atoms with Crippen LogP contribution in [-0.2, 0) is 9.53 Å². The van der Waals surface area contributed by atoms with Crippen LogP contribution >= 0.6 is 15.9 Å². The molecular weight excluding hydrogens is 318 g/mol. The number of benzene rings is 1. The number of Topliss-reactive ketones (excluding diaryl/α,β-unsaturated/α-hetero) is 1. The van der Waals surface area contributed by atoms with Gasteiger partial charge in [0, 0.05) is 16.5 Å². The van der Waals surface area contributed by atoms with Crippen molar-refractivity contribution in [3.05, 3.63) is 34.3 Å². The van der Waals surface area contributed by atoms with Crippen LogP contribution in [0, 0.1) is 0 Å². The molecule has 0 saturated carbocycles. The molecule has 0 aliphatic rings. The summed E-state index contributed by atoms with van der Waals surface area (Å²) < 4.78 is 5.11. The zero-order chi connectivity index (χ0) is 14.4. The van der Waals surface area contributed by atoms with E-state index < -0.39 is 18.1 Å². The molecule has 1 aromatic rings. The minimum atomic E-state index is -1.32.